The van der Waals surface area contributed by atoms with E-state index in [4.69, 9.17) is 30.7 Å². The lowest BCUT2D eigenvalue weighted by Crippen LogP contribution is -2.36. The van der Waals surface area contributed by atoms with E-state index in [0.29, 0.717) is 36.3 Å². The van der Waals surface area contributed by atoms with Gasteiger partial charge in [0.25, 0.3) is 0 Å². The van der Waals surface area contributed by atoms with Gasteiger partial charge in [0.2, 0.25) is 5.91 Å². The van der Waals surface area contributed by atoms with Gasteiger partial charge in [-0.05, 0) is 211 Å². The van der Waals surface area contributed by atoms with Crippen LogP contribution in [0.2, 0.25) is 0 Å². The van der Waals surface area contributed by atoms with Crippen LogP contribution in [-0.4, -0.2) is 108 Å². The number of aldehydes is 1. The van der Waals surface area contributed by atoms with Crippen LogP contribution < -0.4 is 16.4 Å². The number of aryl methyl sites for hydroxylation is 6. The summed E-state index contributed by atoms with van der Waals surface area (Å²) in [4.78, 5) is 95.0. The standard InChI is InChI=1S/C22H28N2O.C20H19NO2.C18H19NO2.C18H15NO2.C18H17NO.C10H10O3.C8H9NO/c1-4-24(5-2)21(25)15-19-14-18-13-16(3)11-12-20(18)23-22(19)17-9-7-6-8-10-17;1-3-23-19(22)13-17-12-16-11-14(2)9-10-18(16)21-20(17)15-7-5-4-6-8-15;2*1-12-7-8-16-14(9-12)10-15(11-17(20)21)18(19-16)13-5-3-2-4-6-13;1-13-7-8-17-16(11-13)12-15(9-10-20)18(19-17)14-5-3-2-4-6-14;11-9(6-7-10(12)13)8-4-2-1-3-5-8;1-6-2-3-8(9)7(4-6)5-10/h6-13,19,22-23H,4-5,14-15H2,1-3H3;4-12H,3,13H2,1-2H3;2-9,15,18-19H,10-11H2,1H3,(H,20,21);2-10H,11H2,1H3,(H,20,21);2-8,11-12,20H,9-10H2,1H3;1-5H,6-7H2,(H,12,13);2-5H,9H2,1H3/t19-,22+;;15-,18+;;;;/m1.1..../s1. The molecule has 4 atom stereocenters. The fourth-order valence-corrected chi connectivity index (χ4v) is 16.5. The Hall–Kier alpha value is -15.1. The molecule has 15 aromatic rings. The number of amides is 1. The van der Waals surface area contributed by atoms with Crippen molar-refractivity contribution < 1.29 is 58.7 Å². The number of nitrogens with two attached hydrogens (primary N) is 1. The van der Waals surface area contributed by atoms with E-state index in [9.17, 15) is 43.8 Å². The first-order valence-corrected chi connectivity index (χ1v) is 45.1. The molecular formula is C114H117N7O12. The Morgan fingerprint density at radius 3 is 1.19 bits per heavy atom. The van der Waals surface area contributed by atoms with Gasteiger partial charge in [-0.15, -0.1) is 0 Å². The third-order valence-corrected chi connectivity index (χ3v) is 23.0. The number of benzene rings is 12. The number of aliphatic hydroxyl groups excluding tert-OH is 1. The fourth-order valence-electron chi connectivity index (χ4n) is 16.5. The number of nitrogen functional groups attached to an aromatic ring is 1. The summed E-state index contributed by atoms with van der Waals surface area (Å²) in [5.41, 5.74) is 32.6. The molecule has 8 N–H and O–H groups in total. The zero-order valence-corrected chi connectivity index (χ0v) is 76.9. The lowest BCUT2D eigenvalue weighted by molar-refractivity contribution is -0.142. The summed E-state index contributed by atoms with van der Waals surface area (Å²) in [6, 6.07) is 102. The highest BCUT2D eigenvalue weighted by Gasteiger charge is 2.33. The number of rotatable bonds is 23. The number of carboxylic acid groups (broad SMARTS) is 3. The second kappa shape index (κ2) is 49.1. The molecule has 1 amide bonds. The predicted molar refractivity (Wildman–Crippen MR) is 534 cm³/mol. The van der Waals surface area contributed by atoms with Crippen molar-refractivity contribution in [2.45, 2.75) is 132 Å². The normalized spacial score (nSPS) is 13.6. The highest BCUT2D eigenvalue weighted by Crippen LogP contribution is 2.42. The number of pyridine rings is 3. The lowest BCUT2D eigenvalue weighted by atomic mass is 9.81. The number of nitrogens with one attached hydrogen (secondary N) is 2. The first-order valence-electron chi connectivity index (χ1n) is 45.1. The SMILES string of the molecule is CCN(CC)C(=O)C[C@H]1Cc2cc(C)ccc2N[C@H]1c1ccccc1.CCOC(=O)Cc1cc2cc(C)ccc2nc1-c1ccccc1.Cc1ccc(N)c(C=O)c1.Cc1ccc2c(c1)C[C@H](CC(=O)O)[C@H](c1ccccc1)N2.Cc1ccc2nc(-c3ccccc3)c(CC(=O)O)cc2c1.Cc1ccc2nc(-c3ccccc3)c(CCO)cc2c1.O=C(O)CCC(=O)c1ccccc1. The molecule has 5 heterocycles. The van der Waals surface area contributed by atoms with E-state index >= 15 is 0 Å². The van der Waals surface area contributed by atoms with Crippen LogP contribution in [0.3, 0.4) is 0 Å². The molecule has 0 unspecified atom stereocenters. The zero-order chi connectivity index (χ0) is 94.9. The van der Waals surface area contributed by atoms with Gasteiger partial charge < -0.3 is 46.4 Å². The molecule has 133 heavy (non-hydrogen) atoms. The minimum atomic E-state index is -0.940. The molecule has 2 aliphatic heterocycles. The average Bonchev–Trinajstić information content (AvgIpc) is 0.810. The van der Waals surface area contributed by atoms with Crippen molar-refractivity contribution in [3.8, 4) is 33.8 Å². The number of ether oxygens (including phenoxy) is 1. The summed E-state index contributed by atoms with van der Waals surface area (Å²) in [6.45, 7) is 20.3. The van der Waals surface area contributed by atoms with Gasteiger partial charge in [0.05, 0.1) is 78.0 Å². The first-order chi connectivity index (χ1) is 64.3. The number of nitrogens with zero attached hydrogens (tertiary/aromatic N) is 4. The van der Waals surface area contributed by atoms with Crippen LogP contribution >= 0.6 is 0 Å². The number of carboxylic acids is 3. The van der Waals surface area contributed by atoms with E-state index in [1.54, 1.807) is 36.4 Å². The molecule has 0 bridgehead atoms. The summed E-state index contributed by atoms with van der Waals surface area (Å²) in [5.74, 6) is -2.27. The van der Waals surface area contributed by atoms with Crippen molar-refractivity contribution >= 4 is 91.6 Å². The van der Waals surface area contributed by atoms with E-state index in [1.165, 1.54) is 44.6 Å². The largest absolute Gasteiger partial charge is 0.481 e. The van der Waals surface area contributed by atoms with Gasteiger partial charge in [0, 0.05) is 93.6 Å². The third-order valence-electron chi connectivity index (χ3n) is 23.0. The van der Waals surface area contributed by atoms with Crippen LogP contribution in [0.15, 0.2) is 309 Å². The molecule has 17 rings (SSSR count). The summed E-state index contributed by atoms with van der Waals surface area (Å²) in [5, 5.41) is 46.4. The van der Waals surface area contributed by atoms with Crippen molar-refractivity contribution in [2.75, 3.05) is 42.7 Å². The number of carbonyl (C=O) groups excluding carboxylic acids is 4. The van der Waals surface area contributed by atoms with Gasteiger partial charge in [-0.2, -0.15) is 0 Å². The molecule has 0 aliphatic carbocycles. The summed E-state index contributed by atoms with van der Waals surface area (Å²) < 4.78 is 5.11. The summed E-state index contributed by atoms with van der Waals surface area (Å²) in [6.07, 6.45) is 4.07. The van der Waals surface area contributed by atoms with Crippen LogP contribution in [0.25, 0.3) is 66.5 Å². The molecule has 19 heteroatoms. The first kappa shape index (κ1) is 98.5. The molecule has 0 saturated carbocycles. The lowest BCUT2D eigenvalue weighted by Gasteiger charge is -2.36. The van der Waals surface area contributed by atoms with E-state index < -0.39 is 17.9 Å². The van der Waals surface area contributed by atoms with Crippen molar-refractivity contribution in [1.29, 1.82) is 0 Å². The Morgan fingerprint density at radius 1 is 0.421 bits per heavy atom. The Morgan fingerprint density at radius 2 is 0.797 bits per heavy atom. The Labute approximate surface area is 778 Å². The Balaban J connectivity index is 0.000000152. The molecular weight excluding hydrogens is 1660 g/mol. The van der Waals surface area contributed by atoms with Crippen LogP contribution in [0.5, 0.6) is 0 Å². The number of esters is 1. The van der Waals surface area contributed by atoms with Crippen LogP contribution in [0.4, 0.5) is 17.1 Å². The van der Waals surface area contributed by atoms with Gasteiger partial charge in [-0.25, -0.2) is 15.0 Å². The molecule has 0 radical (unpaired) electrons. The number of hydrogen-bond acceptors (Lipinski definition) is 15. The van der Waals surface area contributed by atoms with Crippen LogP contribution in [0.1, 0.15) is 152 Å². The number of aliphatic carboxylic acids is 3. The minimum absolute atomic E-state index is 0.0267. The number of ketones is 1. The van der Waals surface area contributed by atoms with E-state index in [0.717, 1.165) is 138 Å². The van der Waals surface area contributed by atoms with E-state index in [-0.39, 0.29) is 80.3 Å². The van der Waals surface area contributed by atoms with Crippen molar-refractivity contribution in [3.63, 3.8) is 0 Å². The van der Waals surface area contributed by atoms with Crippen molar-refractivity contribution in [3.05, 3.63) is 393 Å². The number of carbonyl (C=O) groups is 7. The highest BCUT2D eigenvalue weighted by molar-refractivity contribution is 5.97. The number of Topliss-reactive ketones (excluding diaryl/α,β-unsaturated/α-hetero) is 1. The summed E-state index contributed by atoms with van der Waals surface area (Å²) in [7, 11) is 0. The van der Waals surface area contributed by atoms with Gasteiger partial charge in [-0.1, -0.05) is 264 Å². The number of anilines is 3. The molecule has 19 nitrogen and oxygen atoms in total. The molecule has 0 fully saturated rings. The number of aliphatic hydroxyl groups is 1. The number of hydrogen-bond donors (Lipinski definition) is 7. The van der Waals surface area contributed by atoms with Gasteiger partial charge in [-0.3, -0.25) is 33.6 Å². The van der Waals surface area contributed by atoms with Gasteiger partial charge in [0.1, 0.15) is 0 Å². The highest BCUT2D eigenvalue weighted by atomic mass is 16.5. The van der Waals surface area contributed by atoms with Crippen LogP contribution in [-0.2, 0) is 60.8 Å². The average molecular weight is 1780 g/mol. The van der Waals surface area contributed by atoms with Crippen molar-refractivity contribution in [1.82, 2.24) is 19.9 Å². The molecule has 0 spiro atoms. The van der Waals surface area contributed by atoms with Gasteiger partial charge in [0.15, 0.2) is 12.1 Å². The Kier molecular flexibility index (Phi) is 36.4. The number of aromatic nitrogens is 3. The smallest absolute Gasteiger partial charge is 0.310 e. The summed E-state index contributed by atoms with van der Waals surface area (Å²) >= 11 is 0. The van der Waals surface area contributed by atoms with E-state index in [1.807, 2.05) is 185 Å². The molecule has 12 aromatic carbocycles. The van der Waals surface area contributed by atoms with Crippen LogP contribution in [0, 0.1) is 53.4 Å². The fraction of sp³-hybridized carbons (Fsp3) is 0.228. The molecule has 680 valence electrons. The Bertz CT molecular complexity index is 6460. The maximum Gasteiger partial charge on any atom is 0.310 e. The number of fused-ring (bicyclic) bond motifs is 5. The molecule has 0 saturated heterocycles. The minimum Gasteiger partial charge on any atom is -0.481 e. The quantitative estimate of drug-likeness (QED) is 0.0135. The second-order valence-corrected chi connectivity index (χ2v) is 33.3. The topological polar surface area (TPSA) is 302 Å². The van der Waals surface area contributed by atoms with Crippen molar-refractivity contribution in [2.24, 2.45) is 11.8 Å². The predicted octanol–water partition coefficient (Wildman–Crippen LogP) is 23.4. The van der Waals surface area contributed by atoms with Gasteiger partial charge >= 0.3 is 23.9 Å². The molecule has 2 aliphatic rings. The maximum atomic E-state index is 12.7. The zero-order valence-electron chi connectivity index (χ0n) is 76.9. The molecule has 3 aromatic heterocycles. The monoisotopic (exact) mass is 1780 g/mol. The maximum absolute atomic E-state index is 12.7. The second-order valence-electron chi connectivity index (χ2n) is 33.3. The van der Waals surface area contributed by atoms with E-state index in [2.05, 4.69) is 171 Å². The third kappa shape index (κ3) is 28.7.